The molecule has 1 aliphatic rings. The normalized spacial score (nSPS) is 23.0. The van der Waals surface area contributed by atoms with Crippen LogP contribution in [-0.2, 0) is 6.42 Å². The molecule has 1 atom stereocenters. The quantitative estimate of drug-likeness (QED) is 0.413. The van der Waals surface area contributed by atoms with Crippen molar-refractivity contribution in [2.24, 2.45) is 11.8 Å². The van der Waals surface area contributed by atoms with Crippen LogP contribution in [-0.4, -0.2) is 0 Å². The first-order chi connectivity index (χ1) is 11.7. The number of hydrogen-bond donors (Lipinski definition) is 0. The third-order valence-electron chi connectivity index (χ3n) is 6.02. The maximum Gasteiger partial charge on any atom is 0.0456 e. The molecule has 0 N–H and O–H groups in total. The topological polar surface area (TPSA) is 0 Å². The van der Waals surface area contributed by atoms with Crippen LogP contribution in [0.15, 0.2) is 12.1 Å². The second-order valence-electron chi connectivity index (χ2n) is 8.06. The van der Waals surface area contributed by atoms with Gasteiger partial charge in [0.25, 0.3) is 0 Å². The summed E-state index contributed by atoms with van der Waals surface area (Å²) in [5.41, 5.74) is 0. The van der Waals surface area contributed by atoms with Gasteiger partial charge in [-0.3, -0.25) is 0 Å². The van der Waals surface area contributed by atoms with Gasteiger partial charge in [-0.25, -0.2) is 0 Å². The molecule has 2 aromatic rings. The summed E-state index contributed by atoms with van der Waals surface area (Å²) in [5, 5.41) is 0. The minimum atomic E-state index is 0.764. The summed E-state index contributed by atoms with van der Waals surface area (Å²) < 4.78 is 3.10. The van der Waals surface area contributed by atoms with Crippen LogP contribution >= 0.6 is 22.7 Å². The molecule has 2 aromatic heterocycles. The molecule has 0 aromatic carbocycles. The third-order valence-corrected chi connectivity index (χ3v) is 8.57. The van der Waals surface area contributed by atoms with Crippen LogP contribution < -0.4 is 0 Å². The number of hydrogen-bond acceptors (Lipinski definition) is 2. The maximum atomic E-state index is 2.52. The van der Waals surface area contributed by atoms with Crippen LogP contribution in [0.5, 0.6) is 0 Å². The summed E-state index contributed by atoms with van der Waals surface area (Å²) >= 11 is 4.14. The molecule has 1 saturated carbocycles. The molecular formula is C22H34S2. The lowest BCUT2D eigenvalue weighted by molar-refractivity contribution is 0.263. The highest BCUT2D eigenvalue weighted by atomic mass is 32.1. The average Bonchev–Trinajstić information content (AvgIpc) is 3.13. The van der Waals surface area contributed by atoms with Crippen molar-refractivity contribution in [2.45, 2.75) is 90.9 Å². The molecule has 1 fully saturated rings. The van der Waals surface area contributed by atoms with Gasteiger partial charge < -0.3 is 0 Å². The SMILES string of the molecule is CCCCCCCc1cc2sc(C(C)C3CCC(C)CC3)cc2s1. The molecule has 2 heteroatoms. The molecule has 0 saturated heterocycles. The fourth-order valence-corrected chi connectivity index (χ4v) is 6.79. The highest BCUT2D eigenvalue weighted by molar-refractivity contribution is 7.27. The Labute approximate surface area is 156 Å². The smallest absolute Gasteiger partial charge is 0.0456 e. The van der Waals surface area contributed by atoms with Crippen molar-refractivity contribution in [3.63, 3.8) is 0 Å². The molecule has 24 heavy (non-hydrogen) atoms. The number of rotatable bonds is 8. The van der Waals surface area contributed by atoms with Gasteiger partial charge in [0, 0.05) is 19.2 Å². The first-order valence-corrected chi connectivity index (χ1v) is 11.8. The van der Waals surface area contributed by atoms with Gasteiger partial charge in [-0.05, 0) is 55.6 Å². The van der Waals surface area contributed by atoms with Gasteiger partial charge in [0.1, 0.15) is 0 Å². The lowest BCUT2D eigenvalue weighted by Gasteiger charge is -2.30. The van der Waals surface area contributed by atoms with E-state index in [1.54, 1.807) is 19.2 Å². The Morgan fingerprint density at radius 1 is 0.958 bits per heavy atom. The van der Waals surface area contributed by atoms with E-state index < -0.39 is 0 Å². The van der Waals surface area contributed by atoms with Crippen molar-refractivity contribution in [2.75, 3.05) is 0 Å². The summed E-state index contributed by atoms with van der Waals surface area (Å²) in [4.78, 5) is 3.25. The predicted molar refractivity (Wildman–Crippen MR) is 112 cm³/mol. The fourth-order valence-electron chi connectivity index (χ4n) is 4.17. The second-order valence-corrected chi connectivity index (χ2v) is 10.3. The molecule has 2 heterocycles. The molecule has 0 bridgehead atoms. The van der Waals surface area contributed by atoms with E-state index in [-0.39, 0.29) is 0 Å². The van der Waals surface area contributed by atoms with E-state index in [1.807, 2.05) is 0 Å². The molecule has 1 aliphatic carbocycles. The average molecular weight is 363 g/mol. The highest BCUT2D eigenvalue weighted by Gasteiger charge is 2.25. The van der Waals surface area contributed by atoms with Gasteiger partial charge in [0.15, 0.2) is 0 Å². The van der Waals surface area contributed by atoms with Gasteiger partial charge in [-0.2, -0.15) is 0 Å². The summed E-state index contributed by atoms with van der Waals surface area (Å²) in [5.74, 6) is 2.65. The zero-order valence-corrected chi connectivity index (χ0v) is 17.4. The number of unbranched alkanes of at least 4 members (excludes halogenated alkanes) is 4. The predicted octanol–water partition coefficient (Wildman–Crippen LogP) is 8.41. The number of fused-ring (bicyclic) bond motifs is 1. The molecule has 0 aliphatic heterocycles. The summed E-state index contributed by atoms with van der Waals surface area (Å²) in [6, 6.07) is 5.01. The number of aryl methyl sites for hydroxylation is 1. The van der Waals surface area contributed by atoms with Crippen molar-refractivity contribution in [1.29, 1.82) is 0 Å². The van der Waals surface area contributed by atoms with E-state index in [0.717, 1.165) is 17.8 Å². The summed E-state index contributed by atoms with van der Waals surface area (Å²) in [6.07, 6.45) is 14.0. The Hall–Kier alpha value is -0.340. The molecule has 0 nitrogen and oxygen atoms in total. The lowest BCUT2D eigenvalue weighted by Crippen LogP contribution is -2.17. The monoisotopic (exact) mass is 362 g/mol. The van der Waals surface area contributed by atoms with Crippen molar-refractivity contribution >= 4 is 32.1 Å². The zero-order chi connectivity index (χ0) is 16.9. The van der Waals surface area contributed by atoms with Gasteiger partial charge in [-0.1, -0.05) is 59.3 Å². The van der Waals surface area contributed by atoms with E-state index in [4.69, 9.17) is 0 Å². The molecule has 1 unspecified atom stereocenters. The van der Waals surface area contributed by atoms with Gasteiger partial charge in [0.2, 0.25) is 0 Å². The van der Waals surface area contributed by atoms with Gasteiger partial charge >= 0.3 is 0 Å². The van der Waals surface area contributed by atoms with Gasteiger partial charge in [0.05, 0.1) is 0 Å². The minimum absolute atomic E-state index is 0.764. The van der Waals surface area contributed by atoms with Crippen molar-refractivity contribution in [3.8, 4) is 0 Å². The first-order valence-electron chi connectivity index (χ1n) is 10.2. The van der Waals surface area contributed by atoms with Crippen LogP contribution in [0.3, 0.4) is 0 Å². The first kappa shape index (κ1) is 18.5. The molecule has 0 radical (unpaired) electrons. The molecular weight excluding hydrogens is 328 g/mol. The van der Waals surface area contributed by atoms with E-state index >= 15 is 0 Å². The Balaban J connectivity index is 1.56. The van der Waals surface area contributed by atoms with Crippen molar-refractivity contribution in [3.05, 3.63) is 21.9 Å². The van der Waals surface area contributed by atoms with Crippen LogP contribution in [0.25, 0.3) is 9.40 Å². The maximum absolute atomic E-state index is 2.52. The van der Waals surface area contributed by atoms with Crippen LogP contribution in [0, 0.1) is 11.8 Å². The molecule has 3 rings (SSSR count). The molecule has 0 amide bonds. The van der Waals surface area contributed by atoms with Crippen LogP contribution in [0.1, 0.15) is 94.2 Å². The van der Waals surface area contributed by atoms with Gasteiger partial charge in [-0.15, -0.1) is 22.7 Å². The highest BCUT2D eigenvalue weighted by Crippen LogP contribution is 2.43. The van der Waals surface area contributed by atoms with E-state index in [0.29, 0.717) is 0 Å². The second kappa shape index (κ2) is 8.85. The standard InChI is InChI=1S/C22H34S2/c1-4-5-6-7-8-9-19-14-21-22(23-19)15-20(24-21)17(3)18-12-10-16(2)11-13-18/h14-18H,4-13H2,1-3H3. The number of thiophene rings is 2. The zero-order valence-electron chi connectivity index (χ0n) is 15.8. The molecule has 134 valence electrons. The van der Waals surface area contributed by atoms with Crippen LogP contribution in [0.4, 0.5) is 0 Å². The minimum Gasteiger partial charge on any atom is -0.139 e. The fraction of sp³-hybridized carbons (Fsp3) is 0.727. The lowest BCUT2D eigenvalue weighted by atomic mass is 9.76. The Kier molecular flexibility index (Phi) is 6.80. The van der Waals surface area contributed by atoms with E-state index in [1.165, 1.54) is 64.2 Å². The Bertz CT molecular complexity index is 581. The van der Waals surface area contributed by atoms with E-state index in [9.17, 15) is 0 Å². The summed E-state index contributed by atoms with van der Waals surface area (Å²) in [6.45, 7) is 7.19. The van der Waals surface area contributed by atoms with Crippen molar-refractivity contribution in [1.82, 2.24) is 0 Å². The summed E-state index contributed by atoms with van der Waals surface area (Å²) in [7, 11) is 0. The Morgan fingerprint density at radius 3 is 2.38 bits per heavy atom. The Morgan fingerprint density at radius 2 is 1.67 bits per heavy atom. The van der Waals surface area contributed by atoms with Crippen LogP contribution in [0.2, 0.25) is 0 Å². The third kappa shape index (κ3) is 4.64. The van der Waals surface area contributed by atoms with Crippen molar-refractivity contribution < 1.29 is 0 Å². The molecule has 0 spiro atoms. The largest absolute Gasteiger partial charge is 0.139 e. The van der Waals surface area contributed by atoms with E-state index in [2.05, 4.69) is 55.6 Å².